The third-order valence-corrected chi connectivity index (χ3v) is 4.64. The van der Waals surface area contributed by atoms with Crippen molar-refractivity contribution in [2.75, 3.05) is 0 Å². The van der Waals surface area contributed by atoms with Crippen LogP contribution in [0.15, 0.2) is 45.9 Å². The van der Waals surface area contributed by atoms with E-state index in [9.17, 15) is 13.2 Å². The van der Waals surface area contributed by atoms with Crippen LogP contribution in [0.3, 0.4) is 0 Å². The second-order valence-electron chi connectivity index (χ2n) is 6.44. The molecule has 3 aromatic rings. The summed E-state index contributed by atoms with van der Waals surface area (Å²) in [7, 11) is 0. The molecule has 29 heavy (non-hydrogen) atoms. The zero-order chi connectivity index (χ0) is 20.6. The second-order valence-corrected chi connectivity index (χ2v) is 6.44. The van der Waals surface area contributed by atoms with Crippen molar-refractivity contribution in [2.24, 2.45) is 4.99 Å². The van der Waals surface area contributed by atoms with Gasteiger partial charge in [0.15, 0.2) is 0 Å². The van der Waals surface area contributed by atoms with Gasteiger partial charge in [0.25, 0.3) is 5.89 Å². The van der Waals surface area contributed by atoms with Crippen molar-refractivity contribution in [3.63, 3.8) is 0 Å². The normalized spacial score (nSPS) is 15.6. The van der Waals surface area contributed by atoms with Gasteiger partial charge in [0, 0.05) is 11.1 Å². The van der Waals surface area contributed by atoms with E-state index in [1.165, 1.54) is 6.07 Å². The maximum absolute atomic E-state index is 12.6. The van der Waals surface area contributed by atoms with Gasteiger partial charge in [-0.1, -0.05) is 23.4 Å². The van der Waals surface area contributed by atoms with Gasteiger partial charge in [-0.25, -0.2) is 0 Å². The minimum absolute atomic E-state index is 0.0156. The van der Waals surface area contributed by atoms with Gasteiger partial charge in [-0.15, -0.1) is 13.2 Å². The lowest BCUT2D eigenvalue weighted by Gasteiger charge is -2.09. The van der Waals surface area contributed by atoms with E-state index in [2.05, 4.69) is 26.6 Å². The fraction of sp³-hybridized carbons (Fsp3) is 0.200. The molecule has 4 rings (SSSR count). The number of fused-ring (bicyclic) bond motifs is 1. The predicted molar refractivity (Wildman–Crippen MR) is 97.2 cm³/mol. The van der Waals surface area contributed by atoms with Gasteiger partial charge < -0.3 is 9.26 Å². The van der Waals surface area contributed by atoms with Crippen LogP contribution in [0.1, 0.15) is 29.2 Å². The highest BCUT2D eigenvalue weighted by atomic mass is 19.4. The maximum Gasteiger partial charge on any atom is 0.573 e. The molecule has 0 saturated carbocycles. The Hall–Kier alpha value is -3.67. The Morgan fingerprint density at radius 1 is 1.28 bits per heavy atom. The molecule has 1 aromatic heterocycles. The van der Waals surface area contributed by atoms with E-state index in [1.807, 2.05) is 18.2 Å². The summed E-state index contributed by atoms with van der Waals surface area (Å²) >= 11 is 0. The average Bonchev–Trinajstić information content (AvgIpc) is 3.33. The molecule has 1 atom stereocenters. The van der Waals surface area contributed by atoms with E-state index in [0.717, 1.165) is 41.7 Å². The molecule has 9 heteroatoms. The zero-order valence-electron chi connectivity index (χ0n) is 14.9. The van der Waals surface area contributed by atoms with Crippen LogP contribution in [0.5, 0.6) is 5.75 Å². The van der Waals surface area contributed by atoms with Crippen LogP contribution in [0.2, 0.25) is 0 Å². The molecule has 1 aliphatic rings. The summed E-state index contributed by atoms with van der Waals surface area (Å²) in [5.41, 5.74) is 2.99. The lowest BCUT2D eigenvalue weighted by molar-refractivity contribution is -0.274. The average molecular weight is 398 g/mol. The number of benzene rings is 2. The summed E-state index contributed by atoms with van der Waals surface area (Å²) < 4.78 is 46.9. The Morgan fingerprint density at radius 2 is 2.10 bits per heavy atom. The number of halogens is 3. The summed E-state index contributed by atoms with van der Waals surface area (Å²) in [6.45, 7) is 3.62. The van der Waals surface area contributed by atoms with Gasteiger partial charge in [0.05, 0.1) is 17.7 Å². The van der Waals surface area contributed by atoms with E-state index in [1.54, 1.807) is 6.07 Å². The number of nitrogens with zero attached hydrogens (tertiary/aromatic N) is 4. The van der Waals surface area contributed by atoms with Crippen LogP contribution in [0.25, 0.3) is 22.8 Å². The smallest absolute Gasteiger partial charge is 0.406 e. The molecule has 2 aromatic carbocycles. The lowest BCUT2D eigenvalue weighted by atomic mass is 10.0. The third kappa shape index (κ3) is 3.69. The Morgan fingerprint density at radius 3 is 2.83 bits per heavy atom. The molecule has 1 aliphatic carbocycles. The van der Waals surface area contributed by atoms with Gasteiger partial charge in [-0.2, -0.15) is 10.2 Å². The molecular formula is C20H13F3N4O2. The molecule has 146 valence electrons. The van der Waals surface area contributed by atoms with Gasteiger partial charge in [0.2, 0.25) is 5.82 Å². The van der Waals surface area contributed by atoms with Crippen molar-refractivity contribution in [1.29, 1.82) is 5.26 Å². The Labute approximate surface area is 163 Å². The first-order valence-electron chi connectivity index (χ1n) is 8.61. The van der Waals surface area contributed by atoms with Crippen LogP contribution in [-0.2, 0) is 6.42 Å². The zero-order valence-corrected chi connectivity index (χ0v) is 14.9. The number of hydrogen-bond donors (Lipinski definition) is 0. The Balaban J connectivity index is 1.73. The molecule has 0 fully saturated rings. The highest BCUT2D eigenvalue weighted by Gasteiger charge is 2.32. The van der Waals surface area contributed by atoms with E-state index in [4.69, 9.17) is 9.78 Å². The molecule has 6 nitrogen and oxygen atoms in total. The number of aromatic nitrogens is 2. The number of hydrogen-bond acceptors (Lipinski definition) is 6. The second kappa shape index (κ2) is 7.05. The molecule has 0 amide bonds. The highest BCUT2D eigenvalue weighted by molar-refractivity contribution is 5.67. The van der Waals surface area contributed by atoms with Crippen molar-refractivity contribution >= 4 is 6.72 Å². The van der Waals surface area contributed by atoms with Gasteiger partial charge in [-0.3, -0.25) is 4.99 Å². The summed E-state index contributed by atoms with van der Waals surface area (Å²) in [4.78, 5) is 8.45. The standard InChI is InChI=1S/C20H13F3N4O2/c1-25-17-6-5-14-15(17)3-2-4-16(14)18-26-19(29-27-18)12-7-11(10-24)8-13(9-12)28-20(21,22)23/h2-4,7-9,17H,1,5-6H2/t17-/m1/s1. The first-order valence-corrected chi connectivity index (χ1v) is 8.61. The molecule has 1 heterocycles. The van der Waals surface area contributed by atoms with Crippen molar-refractivity contribution in [3.8, 4) is 34.7 Å². The van der Waals surface area contributed by atoms with Crippen molar-refractivity contribution in [3.05, 3.63) is 53.1 Å². The fourth-order valence-corrected chi connectivity index (χ4v) is 3.46. The van der Waals surface area contributed by atoms with Crippen LogP contribution in [-0.4, -0.2) is 23.2 Å². The third-order valence-electron chi connectivity index (χ3n) is 4.64. The van der Waals surface area contributed by atoms with Crippen LogP contribution in [0, 0.1) is 11.3 Å². The Kier molecular flexibility index (Phi) is 4.54. The molecule has 0 bridgehead atoms. The van der Waals surface area contributed by atoms with Crippen LogP contribution < -0.4 is 4.74 Å². The maximum atomic E-state index is 12.6. The summed E-state index contributed by atoms with van der Waals surface area (Å²) in [5.74, 6) is -0.243. The summed E-state index contributed by atoms with van der Waals surface area (Å²) in [6, 6.07) is 10.9. The molecular weight excluding hydrogens is 385 g/mol. The van der Waals surface area contributed by atoms with E-state index < -0.39 is 12.1 Å². The van der Waals surface area contributed by atoms with Gasteiger partial charge in [0.1, 0.15) is 5.75 Å². The largest absolute Gasteiger partial charge is 0.573 e. The quantitative estimate of drug-likeness (QED) is 0.586. The molecule has 0 N–H and O–H groups in total. The van der Waals surface area contributed by atoms with E-state index in [0.29, 0.717) is 5.82 Å². The summed E-state index contributed by atoms with van der Waals surface area (Å²) in [5, 5.41) is 13.1. The monoisotopic (exact) mass is 398 g/mol. The molecule has 0 aliphatic heterocycles. The lowest BCUT2D eigenvalue weighted by Crippen LogP contribution is -2.17. The van der Waals surface area contributed by atoms with Gasteiger partial charge >= 0.3 is 6.36 Å². The van der Waals surface area contributed by atoms with Crippen LogP contribution >= 0.6 is 0 Å². The number of ether oxygens (including phenoxy) is 1. The Bertz CT molecular complexity index is 1130. The molecule has 0 saturated heterocycles. The number of aliphatic imine (C=N–C) groups is 1. The molecule has 0 spiro atoms. The predicted octanol–water partition coefficient (Wildman–Crippen LogP) is 4.86. The van der Waals surface area contributed by atoms with E-state index in [-0.39, 0.29) is 23.1 Å². The van der Waals surface area contributed by atoms with Crippen molar-refractivity contribution in [1.82, 2.24) is 10.1 Å². The van der Waals surface area contributed by atoms with Crippen LogP contribution in [0.4, 0.5) is 13.2 Å². The highest BCUT2D eigenvalue weighted by Crippen LogP contribution is 2.39. The molecule has 0 unspecified atom stereocenters. The van der Waals surface area contributed by atoms with Crippen molar-refractivity contribution in [2.45, 2.75) is 25.2 Å². The first-order chi connectivity index (χ1) is 13.9. The van der Waals surface area contributed by atoms with Gasteiger partial charge in [-0.05, 0) is 48.9 Å². The first kappa shape index (κ1) is 18.7. The number of rotatable bonds is 4. The fourth-order valence-electron chi connectivity index (χ4n) is 3.46. The number of alkyl halides is 3. The minimum Gasteiger partial charge on any atom is -0.406 e. The summed E-state index contributed by atoms with van der Waals surface area (Å²) in [6.07, 6.45) is -3.26. The van der Waals surface area contributed by atoms with Crippen molar-refractivity contribution < 1.29 is 22.4 Å². The van der Waals surface area contributed by atoms with E-state index >= 15 is 0 Å². The SMILES string of the molecule is C=N[C@@H]1CCc2c(-c3noc(-c4cc(C#N)cc(OC(F)(F)F)c4)n3)cccc21. The minimum atomic E-state index is -4.88. The topological polar surface area (TPSA) is 84.3 Å². The number of nitriles is 1. The molecule has 0 radical (unpaired) electrons.